The highest BCUT2D eigenvalue weighted by atomic mass is 79.9. The van der Waals surface area contributed by atoms with Crippen molar-refractivity contribution in [1.29, 1.82) is 0 Å². The molecule has 3 saturated heterocycles. The number of aliphatic hydroxyl groups is 7. The zero-order valence-corrected chi connectivity index (χ0v) is 31.2. The fourth-order valence-electron chi connectivity index (χ4n) is 1.99. The molecule has 0 radical (unpaired) electrons. The van der Waals surface area contributed by atoms with Crippen molar-refractivity contribution in [1.82, 2.24) is 0 Å². The molecule has 0 aliphatic carbocycles. The molecule has 288 valence electrons. The predicted molar refractivity (Wildman–Crippen MR) is 181 cm³/mol. The molecule has 7 atom stereocenters. The van der Waals surface area contributed by atoms with E-state index in [9.17, 15) is 13.2 Å². The van der Waals surface area contributed by atoms with Crippen LogP contribution in [-0.4, -0.2) is 161 Å². The van der Waals surface area contributed by atoms with E-state index in [1.807, 2.05) is 20.8 Å². The highest BCUT2D eigenvalue weighted by Crippen LogP contribution is 2.09. The lowest BCUT2D eigenvalue weighted by Crippen LogP contribution is -2.29. The van der Waals surface area contributed by atoms with Crippen LogP contribution in [0.4, 0.5) is 0 Å². The summed E-state index contributed by atoms with van der Waals surface area (Å²) >= 11 is 8.40. The quantitative estimate of drug-likeness (QED) is 0.0751. The normalized spacial score (nSPS) is 22.6. The van der Waals surface area contributed by atoms with Crippen LogP contribution >= 0.6 is 27.5 Å². The summed E-state index contributed by atoms with van der Waals surface area (Å²) in [6.45, 7) is 9.43. The van der Waals surface area contributed by atoms with Gasteiger partial charge in [0.05, 0.1) is 87.7 Å². The number of epoxide rings is 1. The maximum atomic E-state index is 10.5. The van der Waals surface area contributed by atoms with Crippen LogP contribution in [-0.2, 0) is 33.3 Å². The maximum absolute atomic E-state index is 10.5. The fourth-order valence-corrected chi connectivity index (χ4v) is 3.67. The average molecular weight is 799 g/mol. The Bertz CT molecular complexity index is 716. The van der Waals surface area contributed by atoms with Crippen molar-refractivity contribution in [2.45, 2.75) is 109 Å². The van der Waals surface area contributed by atoms with Crippen LogP contribution in [0.25, 0.3) is 0 Å². The van der Waals surface area contributed by atoms with Gasteiger partial charge in [-0.1, -0.05) is 43.6 Å². The molecule has 3 fully saturated rings. The van der Waals surface area contributed by atoms with Crippen LogP contribution in [0.2, 0.25) is 0 Å². The molecule has 3 aliphatic rings. The topological polar surface area (TPSA) is 279 Å². The maximum Gasteiger partial charge on any atom is 0.305 e. The number of aliphatic carboxylic acids is 1. The number of carbonyl (C=O) groups is 1. The van der Waals surface area contributed by atoms with E-state index in [1.165, 1.54) is 0 Å². The number of halogens is 2. The van der Waals surface area contributed by atoms with Gasteiger partial charge < -0.3 is 60.8 Å². The van der Waals surface area contributed by atoms with Crippen molar-refractivity contribution < 1.29 is 72.5 Å². The SMILES string of the molecule is CCC(O)CBr.CCC(O)CC(=O)O.CCC(O)CN.CCC(O)CO.ClCC1CO1.O=S1(=O)CCC(O)CO1.OCC1COCO1. The Morgan fingerprint density at radius 3 is 1.55 bits per heavy atom. The first-order valence-electron chi connectivity index (χ1n) is 15.4. The molecule has 0 spiro atoms. The van der Waals surface area contributed by atoms with Crippen LogP contribution in [0, 0.1) is 0 Å². The smallest absolute Gasteiger partial charge is 0.305 e. The molecule has 0 saturated carbocycles. The van der Waals surface area contributed by atoms with Crippen LogP contribution in [0.1, 0.15) is 66.2 Å². The molecular weight excluding hydrogens is 738 g/mol. The first-order chi connectivity index (χ1) is 22.1. The highest BCUT2D eigenvalue weighted by Gasteiger charge is 2.22. The predicted octanol–water partition coefficient (Wildman–Crippen LogP) is -0.0772. The standard InChI is InChI=1S/C5H10O3.C4H9BrO.C4H11NO.C4H8O4S.C4H8O3.C4H10O2.C3H5ClO/c1-2-4(6)3-5(7)8;2*1-2-4(6)3-5;5-4-1-2-9(6,7)8-3-4;5-1-4-2-6-3-7-4;1-2-4(6)3-5;4-1-3-2-5-3/h4,6H,2-3H2,1H3,(H,7,8);4,6H,2-3H2,1H3;4,6H,2-3,5H2,1H3;4-5H,1-3H2;4-5H,1-3H2;4-6H,2-3H2,1H3;3H,1-2H2. The molecule has 7 unspecified atom stereocenters. The van der Waals surface area contributed by atoms with Gasteiger partial charge in [0.15, 0.2) is 0 Å². The molecule has 47 heavy (non-hydrogen) atoms. The number of alkyl halides is 2. The van der Waals surface area contributed by atoms with Crippen LogP contribution in [0.15, 0.2) is 0 Å². The minimum Gasteiger partial charge on any atom is -0.481 e. The first-order valence-corrected chi connectivity index (χ1v) is 18.6. The molecule has 3 aliphatic heterocycles. The second-order valence-corrected chi connectivity index (χ2v) is 12.7. The summed E-state index contributed by atoms with van der Waals surface area (Å²) in [6.07, 6.45) is 1.00. The lowest BCUT2D eigenvalue weighted by Gasteiger charge is -2.15. The van der Waals surface area contributed by atoms with E-state index in [4.69, 9.17) is 72.4 Å². The molecule has 0 aromatic heterocycles. The van der Waals surface area contributed by atoms with E-state index in [0.717, 1.165) is 19.4 Å². The Morgan fingerprint density at radius 1 is 0.894 bits per heavy atom. The molecular formula is C28H61BrClNO15S. The highest BCUT2D eigenvalue weighted by molar-refractivity contribution is 9.09. The number of ether oxygens (including phenoxy) is 3. The van der Waals surface area contributed by atoms with Gasteiger partial charge >= 0.3 is 5.97 Å². The second kappa shape index (κ2) is 37.0. The number of carboxylic acids is 1. The van der Waals surface area contributed by atoms with Gasteiger partial charge in [-0.15, -0.1) is 11.6 Å². The Morgan fingerprint density at radius 2 is 1.43 bits per heavy atom. The summed E-state index contributed by atoms with van der Waals surface area (Å²) in [5.74, 6) is -0.340. The minimum absolute atomic E-state index is 0.0613. The number of carboxylic acid groups (broad SMARTS) is 1. The van der Waals surface area contributed by atoms with Crippen molar-refractivity contribution >= 4 is 43.6 Å². The zero-order chi connectivity index (χ0) is 37.3. The number of aliphatic hydroxyl groups excluding tert-OH is 7. The van der Waals surface area contributed by atoms with Gasteiger partial charge in [-0.3, -0.25) is 8.98 Å². The molecule has 16 nitrogen and oxygen atoms in total. The van der Waals surface area contributed by atoms with E-state index in [-0.39, 0.29) is 50.3 Å². The zero-order valence-electron chi connectivity index (χ0n) is 28.0. The summed E-state index contributed by atoms with van der Waals surface area (Å²) in [4.78, 5) is 9.81. The third kappa shape index (κ3) is 45.7. The second-order valence-electron chi connectivity index (χ2n) is 9.98. The monoisotopic (exact) mass is 797 g/mol. The number of hydrogen-bond acceptors (Lipinski definition) is 15. The van der Waals surface area contributed by atoms with E-state index in [1.54, 1.807) is 6.92 Å². The van der Waals surface area contributed by atoms with Gasteiger partial charge in [-0.25, -0.2) is 0 Å². The van der Waals surface area contributed by atoms with Crippen molar-refractivity contribution in [3.8, 4) is 0 Å². The lowest BCUT2D eigenvalue weighted by molar-refractivity contribution is -0.139. The molecule has 0 aromatic rings. The van der Waals surface area contributed by atoms with Crippen LogP contribution in [0.5, 0.6) is 0 Å². The summed E-state index contributed by atoms with van der Waals surface area (Å²) in [5.41, 5.74) is 5.03. The van der Waals surface area contributed by atoms with Crippen LogP contribution < -0.4 is 5.73 Å². The Hall–Kier alpha value is -0.290. The Balaban J connectivity index is -0.000000231. The van der Waals surface area contributed by atoms with Gasteiger partial charge in [0.2, 0.25) is 0 Å². The Kier molecular flexibility index (Phi) is 42.1. The van der Waals surface area contributed by atoms with Crippen LogP contribution in [0.3, 0.4) is 0 Å². The Labute approximate surface area is 293 Å². The van der Waals surface area contributed by atoms with E-state index < -0.39 is 34.4 Å². The van der Waals surface area contributed by atoms with Crippen molar-refractivity contribution in [2.75, 3.05) is 63.3 Å². The molecule has 0 amide bonds. The van der Waals surface area contributed by atoms with Crippen molar-refractivity contribution in [3.05, 3.63) is 0 Å². The van der Waals surface area contributed by atoms with Gasteiger partial charge in [-0.2, -0.15) is 8.42 Å². The largest absolute Gasteiger partial charge is 0.481 e. The molecule has 0 aromatic carbocycles. The summed E-state index contributed by atoms with van der Waals surface area (Å²) in [5, 5.41) is 68.2. The minimum atomic E-state index is -3.28. The van der Waals surface area contributed by atoms with Crippen molar-refractivity contribution in [3.63, 3.8) is 0 Å². The van der Waals surface area contributed by atoms with Gasteiger partial charge in [0, 0.05) is 11.9 Å². The average Bonchev–Trinajstić information content (AvgIpc) is 3.78. The summed E-state index contributed by atoms with van der Waals surface area (Å²) < 4.78 is 39.5. The van der Waals surface area contributed by atoms with E-state index in [2.05, 4.69) is 20.1 Å². The fraction of sp³-hybridized carbons (Fsp3) is 0.964. The third-order valence-corrected chi connectivity index (χ3v) is 7.89. The van der Waals surface area contributed by atoms with Gasteiger partial charge in [0.1, 0.15) is 12.9 Å². The number of nitrogens with two attached hydrogens (primary N) is 1. The molecule has 3 rings (SSSR count). The summed E-state index contributed by atoms with van der Waals surface area (Å²) in [7, 11) is -3.28. The molecule has 19 heteroatoms. The lowest BCUT2D eigenvalue weighted by atomic mass is 10.2. The summed E-state index contributed by atoms with van der Waals surface area (Å²) in [6, 6.07) is 0. The van der Waals surface area contributed by atoms with E-state index in [0.29, 0.717) is 56.5 Å². The van der Waals surface area contributed by atoms with Gasteiger partial charge in [0.25, 0.3) is 10.1 Å². The first kappa shape index (κ1) is 53.5. The van der Waals surface area contributed by atoms with Gasteiger partial charge in [-0.05, 0) is 32.1 Å². The van der Waals surface area contributed by atoms with E-state index >= 15 is 0 Å². The molecule has 3 heterocycles. The third-order valence-electron chi connectivity index (χ3n) is 5.57. The molecule has 0 bridgehead atoms. The number of hydrogen-bond donors (Lipinski definition) is 9. The molecule has 10 N–H and O–H groups in total. The number of rotatable bonds is 11. The van der Waals surface area contributed by atoms with Crippen molar-refractivity contribution in [2.24, 2.45) is 5.73 Å².